The molecule has 4 rings (SSSR count). The summed E-state index contributed by atoms with van der Waals surface area (Å²) in [7, 11) is 0. The summed E-state index contributed by atoms with van der Waals surface area (Å²) in [6.45, 7) is 3.33. The lowest BCUT2D eigenvalue weighted by atomic mass is 10.0. The van der Waals surface area contributed by atoms with Gasteiger partial charge < -0.3 is 15.5 Å². The number of urea groups is 1. The zero-order valence-electron chi connectivity index (χ0n) is 21.4. The molecule has 0 radical (unpaired) electrons. The molecule has 0 saturated carbocycles. The molecule has 196 valence electrons. The van der Waals surface area contributed by atoms with Crippen LogP contribution in [0.3, 0.4) is 0 Å². The van der Waals surface area contributed by atoms with Gasteiger partial charge in [0.1, 0.15) is 0 Å². The molecule has 38 heavy (non-hydrogen) atoms. The summed E-state index contributed by atoms with van der Waals surface area (Å²) in [6.07, 6.45) is 2.71. The summed E-state index contributed by atoms with van der Waals surface area (Å²) in [5, 5.41) is 7.19. The van der Waals surface area contributed by atoms with Crippen LogP contribution in [0.15, 0.2) is 103 Å². The predicted octanol–water partition coefficient (Wildman–Crippen LogP) is 7.96. The minimum Gasteiger partial charge on any atom is -0.338 e. The minimum absolute atomic E-state index is 0.194. The normalized spacial score (nSPS) is 10.9. The molecule has 2 amide bonds. The van der Waals surface area contributed by atoms with Crippen molar-refractivity contribution in [1.29, 1.82) is 0 Å². The second kappa shape index (κ2) is 14.6. The van der Waals surface area contributed by atoms with E-state index in [4.69, 9.17) is 23.2 Å². The van der Waals surface area contributed by atoms with E-state index in [9.17, 15) is 4.79 Å². The van der Waals surface area contributed by atoms with E-state index in [1.807, 2.05) is 78.9 Å². The smallest absolute Gasteiger partial charge is 0.319 e. The highest BCUT2D eigenvalue weighted by Crippen LogP contribution is 2.27. The Hall–Kier alpha value is -3.31. The van der Waals surface area contributed by atoms with Crippen molar-refractivity contribution in [2.45, 2.75) is 19.3 Å². The van der Waals surface area contributed by atoms with Crippen LogP contribution in [-0.2, 0) is 12.8 Å². The number of nitrogens with zero attached hydrogens (tertiary/aromatic N) is 1. The lowest BCUT2D eigenvalue weighted by Gasteiger charge is -2.23. The minimum atomic E-state index is -0.194. The summed E-state index contributed by atoms with van der Waals surface area (Å²) in [5.41, 5.74) is 5.35. The van der Waals surface area contributed by atoms with E-state index in [0.29, 0.717) is 16.6 Å². The van der Waals surface area contributed by atoms with Gasteiger partial charge in [0.25, 0.3) is 0 Å². The van der Waals surface area contributed by atoms with Gasteiger partial charge in [-0.1, -0.05) is 108 Å². The molecule has 0 bridgehead atoms. The maximum Gasteiger partial charge on any atom is 0.319 e. The number of carbonyl (C=O) groups is 1. The quantitative estimate of drug-likeness (QED) is 0.177. The van der Waals surface area contributed by atoms with Crippen LogP contribution in [0, 0.1) is 0 Å². The van der Waals surface area contributed by atoms with Gasteiger partial charge in [-0.25, -0.2) is 4.79 Å². The molecule has 0 aliphatic carbocycles. The van der Waals surface area contributed by atoms with Gasteiger partial charge in [-0.05, 0) is 60.7 Å². The second-order valence-corrected chi connectivity index (χ2v) is 10.0. The van der Waals surface area contributed by atoms with Crippen molar-refractivity contribution in [3.8, 4) is 11.1 Å². The fourth-order valence-electron chi connectivity index (χ4n) is 4.38. The summed E-state index contributed by atoms with van der Waals surface area (Å²) in [5.74, 6) is 0. The molecular formula is C32H33Cl2N3O. The van der Waals surface area contributed by atoms with E-state index in [1.165, 1.54) is 11.1 Å². The maximum atomic E-state index is 12.7. The van der Waals surface area contributed by atoms with Crippen LogP contribution < -0.4 is 10.6 Å². The molecule has 0 aliphatic rings. The van der Waals surface area contributed by atoms with Gasteiger partial charge in [0, 0.05) is 25.2 Å². The van der Waals surface area contributed by atoms with Crippen molar-refractivity contribution in [3.63, 3.8) is 0 Å². The second-order valence-electron chi connectivity index (χ2n) is 9.22. The Balaban J connectivity index is 1.28. The van der Waals surface area contributed by atoms with Crippen LogP contribution in [0.1, 0.15) is 17.5 Å². The molecule has 4 nitrogen and oxygen atoms in total. The van der Waals surface area contributed by atoms with Gasteiger partial charge in [0.05, 0.1) is 15.7 Å². The molecule has 4 aromatic carbocycles. The highest BCUT2D eigenvalue weighted by atomic mass is 35.5. The maximum absolute atomic E-state index is 12.7. The molecule has 0 atom stereocenters. The molecule has 4 aromatic rings. The first-order chi connectivity index (χ1) is 18.6. The standard InChI is InChI=1S/C32H33Cl2N3O/c33-29-17-16-26(24-30(29)34)19-23-37(22-18-25-10-3-1-4-11-25)21-9-20-35-32(38)36-31-15-8-7-14-28(31)27-12-5-2-6-13-27/h1-8,10-17,24H,9,18-23H2,(H2,35,36,38). The van der Waals surface area contributed by atoms with Crippen molar-refractivity contribution >= 4 is 34.9 Å². The summed E-state index contributed by atoms with van der Waals surface area (Å²) in [4.78, 5) is 15.1. The Morgan fingerprint density at radius 3 is 2.08 bits per heavy atom. The number of rotatable bonds is 12. The van der Waals surface area contributed by atoms with Gasteiger partial charge in [-0.15, -0.1) is 0 Å². The Bertz CT molecular complexity index is 1300. The van der Waals surface area contributed by atoms with E-state index >= 15 is 0 Å². The van der Waals surface area contributed by atoms with Crippen LogP contribution in [0.5, 0.6) is 0 Å². The Morgan fingerprint density at radius 1 is 0.684 bits per heavy atom. The predicted molar refractivity (Wildman–Crippen MR) is 160 cm³/mol. The third-order valence-electron chi connectivity index (χ3n) is 6.46. The van der Waals surface area contributed by atoms with E-state index in [2.05, 4.69) is 39.8 Å². The fourth-order valence-corrected chi connectivity index (χ4v) is 4.70. The van der Waals surface area contributed by atoms with Crippen LogP contribution in [0.2, 0.25) is 10.0 Å². The number of anilines is 1. The number of hydrogen-bond acceptors (Lipinski definition) is 2. The van der Waals surface area contributed by atoms with Gasteiger partial charge in [0.15, 0.2) is 0 Å². The first kappa shape index (κ1) is 27.7. The summed E-state index contributed by atoms with van der Waals surface area (Å²) < 4.78 is 0. The zero-order valence-corrected chi connectivity index (χ0v) is 22.9. The van der Waals surface area contributed by atoms with E-state index in [0.717, 1.165) is 55.7 Å². The molecule has 0 aliphatic heterocycles. The van der Waals surface area contributed by atoms with Gasteiger partial charge in [0.2, 0.25) is 0 Å². The van der Waals surface area contributed by atoms with Crippen molar-refractivity contribution in [3.05, 3.63) is 124 Å². The summed E-state index contributed by atoms with van der Waals surface area (Å²) >= 11 is 12.3. The average Bonchev–Trinajstić information content (AvgIpc) is 2.95. The van der Waals surface area contributed by atoms with Crippen molar-refractivity contribution in [2.24, 2.45) is 0 Å². The lowest BCUT2D eigenvalue weighted by Crippen LogP contribution is -2.34. The zero-order chi connectivity index (χ0) is 26.6. The Labute approximate surface area is 235 Å². The van der Waals surface area contributed by atoms with Crippen LogP contribution in [-0.4, -0.2) is 37.1 Å². The van der Waals surface area contributed by atoms with Crippen LogP contribution in [0.25, 0.3) is 11.1 Å². The van der Waals surface area contributed by atoms with Crippen molar-refractivity contribution in [2.75, 3.05) is 31.5 Å². The average molecular weight is 547 g/mol. The number of amides is 2. The largest absolute Gasteiger partial charge is 0.338 e. The summed E-state index contributed by atoms with van der Waals surface area (Å²) in [6, 6.07) is 34.1. The number of nitrogens with one attached hydrogen (secondary N) is 2. The highest BCUT2D eigenvalue weighted by Gasteiger charge is 2.10. The number of halogens is 2. The van der Waals surface area contributed by atoms with Crippen molar-refractivity contribution < 1.29 is 4.79 Å². The molecule has 0 heterocycles. The molecule has 2 N–H and O–H groups in total. The molecule has 0 saturated heterocycles. The first-order valence-corrected chi connectivity index (χ1v) is 13.7. The molecule has 0 fully saturated rings. The van der Waals surface area contributed by atoms with Crippen molar-refractivity contribution in [1.82, 2.24) is 10.2 Å². The Morgan fingerprint density at radius 2 is 1.34 bits per heavy atom. The number of hydrogen-bond donors (Lipinski definition) is 2. The molecule has 0 unspecified atom stereocenters. The molecular weight excluding hydrogens is 513 g/mol. The van der Waals surface area contributed by atoms with Gasteiger partial charge in [-0.2, -0.15) is 0 Å². The number of carbonyl (C=O) groups excluding carboxylic acids is 1. The SMILES string of the molecule is O=C(NCCCN(CCc1ccccc1)CCc1ccc(Cl)c(Cl)c1)Nc1ccccc1-c1ccccc1. The lowest BCUT2D eigenvalue weighted by molar-refractivity contribution is 0.249. The topological polar surface area (TPSA) is 44.4 Å². The number of para-hydroxylation sites is 1. The molecule has 0 spiro atoms. The third kappa shape index (κ3) is 8.63. The third-order valence-corrected chi connectivity index (χ3v) is 7.20. The van der Waals surface area contributed by atoms with Crippen LogP contribution >= 0.6 is 23.2 Å². The molecule has 6 heteroatoms. The van der Waals surface area contributed by atoms with Gasteiger partial charge in [-0.3, -0.25) is 0 Å². The van der Waals surface area contributed by atoms with Gasteiger partial charge >= 0.3 is 6.03 Å². The molecule has 0 aromatic heterocycles. The van der Waals surface area contributed by atoms with E-state index in [1.54, 1.807) is 0 Å². The van der Waals surface area contributed by atoms with E-state index < -0.39 is 0 Å². The number of benzene rings is 4. The first-order valence-electron chi connectivity index (χ1n) is 13.0. The Kier molecular flexibility index (Phi) is 10.6. The van der Waals surface area contributed by atoms with E-state index in [-0.39, 0.29) is 6.03 Å². The fraction of sp³-hybridized carbons (Fsp3) is 0.219. The highest BCUT2D eigenvalue weighted by molar-refractivity contribution is 6.42. The monoisotopic (exact) mass is 545 g/mol. The van der Waals surface area contributed by atoms with Crippen LogP contribution in [0.4, 0.5) is 10.5 Å².